The maximum Gasteiger partial charge on any atom is 0.161 e. The predicted octanol–water partition coefficient (Wildman–Crippen LogP) is 2.30. The molecule has 1 aromatic rings. The topological polar surface area (TPSA) is 48.3 Å². The Kier molecular flexibility index (Phi) is 4.82. The number of ether oxygens (including phenoxy) is 2. The first-order valence-electron chi connectivity index (χ1n) is 7.07. The van der Waals surface area contributed by atoms with Gasteiger partial charge in [0.15, 0.2) is 5.75 Å². The minimum atomic E-state index is 0.211. The van der Waals surface area contributed by atoms with Crippen LogP contribution in [0.5, 0.6) is 5.75 Å². The first kappa shape index (κ1) is 14.3. The molecule has 2 rings (SSSR count). The highest BCUT2D eigenvalue weighted by Crippen LogP contribution is 2.32. The monoisotopic (exact) mass is 267 g/mol. The second kappa shape index (κ2) is 6.39. The fraction of sp³-hybridized carbons (Fsp3) is 0.786. The highest BCUT2D eigenvalue weighted by atomic mass is 16.5. The van der Waals surface area contributed by atoms with Crippen LogP contribution in [0.25, 0.3) is 0 Å². The van der Waals surface area contributed by atoms with E-state index in [2.05, 4.69) is 24.3 Å². The molecular weight excluding hydrogens is 242 g/mol. The van der Waals surface area contributed by atoms with Crippen molar-refractivity contribution in [3.63, 3.8) is 0 Å². The zero-order chi connectivity index (χ0) is 13.8. The van der Waals surface area contributed by atoms with Gasteiger partial charge in [-0.1, -0.05) is 0 Å². The van der Waals surface area contributed by atoms with Crippen LogP contribution in [0.1, 0.15) is 50.9 Å². The molecule has 1 N–H and O–H groups in total. The van der Waals surface area contributed by atoms with Crippen LogP contribution in [0.4, 0.5) is 0 Å². The summed E-state index contributed by atoms with van der Waals surface area (Å²) in [4.78, 5) is 0. The van der Waals surface area contributed by atoms with E-state index in [1.807, 2.05) is 11.7 Å². The van der Waals surface area contributed by atoms with E-state index in [1.54, 1.807) is 13.3 Å². The molecule has 2 unspecified atom stereocenters. The lowest BCUT2D eigenvalue weighted by Crippen LogP contribution is -2.26. The Bertz CT molecular complexity index is 397. The van der Waals surface area contributed by atoms with Gasteiger partial charge in [-0.05, 0) is 40.2 Å². The number of hydrogen-bond donors (Lipinski definition) is 1. The summed E-state index contributed by atoms with van der Waals surface area (Å²) in [6.07, 6.45) is 5.43. The van der Waals surface area contributed by atoms with E-state index in [-0.39, 0.29) is 6.04 Å². The predicted molar refractivity (Wildman–Crippen MR) is 74.6 cm³/mol. The maximum absolute atomic E-state index is 5.75. The number of methoxy groups -OCH3 is 1. The van der Waals surface area contributed by atoms with Crippen LogP contribution in [-0.2, 0) is 4.74 Å². The lowest BCUT2D eigenvalue weighted by atomic mass is 10.0. The zero-order valence-electron chi connectivity index (χ0n) is 12.3. The van der Waals surface area contributed by atoms with Gasteiger partial charge < -0.3 is 14.8 Å². The molecule has 1 saturated heterocycles. The molecule has 0 radical (unpaired) electrons. The molecule has 0 aromatic carbocycles. The third-order valence-corrected chi connectivity index (χ3v) is 3.71. The molecule has 1 aliphatic heterocycles. The van der Waals surface area contributed by atoms with E-state index in [9.17, 15) is 0 Å². The van der Waals surface area contributed by atoms with Crippen molar-refractivity contribution in [2.75, 3.05) is 20.8 Å². The number of rotatable bonds is 6. The Morgan fingerprint density at radius 1 is 1.58 bits per heavy atom. The Morgan fingerprint density at radius 2 is 2.37 bits per heavy atom. The van der Waals surface area contributed by atoms with Crippen molar-refractivity contribution in [2.45, 2.75) is 51.3 Å². The molecule has 0 amide bonds. The average Bonchev–Trinajstić information content (AvgIpc) is 3.04. The summed E-state index contributed by atoms with van der Waals surface area (Å²) in [6, 6.07) is 0.530. The van der Waals surface area contributed by atoms with Crippen molar-refractivity contribution in [3.8, 4) is 5.75 Å². The average molecular weight is 267 g/mol. The van der Waals surface area contributed by atoms with E-state index in [4.69, 9.17) is 9.47 Å². The lowest BCUT2D eigenvalue weighted by molar-refractivity contribution is 0.0940. The molecule has 1 aromatic heterocycles. The van der Waals surface area contributed by atoms with E-state index in [0.29, 0.717) is 12.1 Å². The molecule has 5 heteroatoms. The molecule has 0 bridgehead atoms. The largest absolute Gasteiger partial charge is 0.493 e. The van der Waals surface area contributed by atoms with Crippen molar-refractivity contribution in [2.24, 2.45) is 0 Å². The summed E-state index contributed by atoms with van der Waals surface area (Å²) in [7, 11) is 3.68. The van der Waals surface area contributed by atoms with Crippen LogP contribution in [-0.4, -0.2) is 36.6 Å². The third-order valence-electron chi connectivity index (χ3n) is 3.71. The van der Waals surface area contributed by atoms with Crippen LogP contribution in [0.2, 0.25) is 0 Å². The number of aromatic nitrogens is 2. The second-order valence-electron chi connectivity index (χ2n) is 5.35. The summed E-state index contributed by atoms with van der Waals surface area (Å²) in [6.45, 7) is 5.16. The van der Waals surface area contributed by atoms with Crippen molar-refractivity contribution in [1.29, 1.82) is 0 Å². The van der Waals surface area contributed by atoms with E-state index >= 15 is 0 Å². The quantitative estimate of drug-likeness (QED) is 0.859. The minimum Gasteiger partial charge on any atom is -0.493 e. The summed E-state index contributed by atoms with van der Waals surface area (Å²) < 4.78 is 13.2. The normalized spacial score (nSPS) is 21.0. The summed E-state index contributed by atoms with van der Waals surface area (Å²) in [5, 5.41) is 7.82. The summed E-state index contributed by atoms with van der Waals surface area (Å²) in [5.74, 6) is 0.853. The zero-order valence-corrected chi connectivity index (χ0v) is 12.3. The number of hydrogen-bond acceptors (Lipinski definition) is 4. The molecule has 0 spiro atoms. The van der Waals surface area contributed by atoms with Crippen molar-refractivity contribution < 1.29 is 9.47 Å². The van der Waals surface area contributed by atoms with Gasteiger partial charge in [0.2, 0.25) is 0 Å². The van der Waals surface area contributed by atoms with Gasteiger partial charge in [0.05, 0.1) is 31.1 Å². The number of nitrogens with zero attached hydrogens (tertiary/aromatic N) is 2. The van der Waals surface area contributed by atoms with Gasteiger partial charge in [0.1, 0.15) is 0 Å². The molecule has 0 aliphatic carbocycles. The summed E-state index contributed by atoms with van der Waals surface area (Å²) >= 11 is 0. The highest BCUT2D eigenvalue weighted by Gasteiger charge is 2.27. The molecule has 19 heavy (non-hydrogen) atoms. The van der Waals surface area contributed by atoms with Gasteiger partial charge in [-0.25, -0.2) is 0 Å². The van der Waals surface area contributed by atoms with Crippen LogP contribution in [0.3, 0.4) is 0 Å². The Balaban J connectivity index is 2.22. The van der Waals surface area contributed by atoms with Gasteiger partial charge in [0.25, 0.3) is 0 Å². The van der Waals surface area contributed by atoms with Crippen LogP contribution < -0.4 is 10.1 Å². The van der Waals surface area contributed by atoms with E-state index in [0.717, 1.165) is 30.9 Å². The molecule has 2 heterocycles. The fourth-order valence-corrected chi connectivity index (χ4v) is 2.72. The Morgan fingerprint density at radius 3 is 2.89 bits per heavy atom. The van der Waals surface area contributed by atoms with Gasteiger partial charge in [-0.3, -0.25) is 4.68 Å². The molecule has 2 atom stereocenters. The smallest absolute Gasteiger partial charge is 0.161 e. The molecule has 1 fully saturated rings. The van der Waals surface area contributed by atoms with E-state index in [1.165, 1.54) is 6.42 Å². The molecule has 1 aliphatic rings. The Labute approximate surface area is 115 Å². The first-order chi connectivity index (χ1) is 9.17. The van der Waals surface area contributed by atoms with Gasteiger partial charge in [-0.15, -0.1) is 0 Å². The first-order valence-corrected chi connectivity index (χ1v) is 7.07. The van der Waals surface area contributed by atoms with Gasteiger partial charge in [-0.2, -0.15) is 5.10 Å². The molecule has 5 nitrogen and oxygen atoms in total. The standard InChI is InChI=1S/C14H25N3O2/c1-10(2)17-14(13(18-4)9-16-17)12(15-3)8-11-6-5-7-19-11/h9-12,15H,5-8H2,1-4H3. The second-order valence-corrected chi connectivity index (χ2v) is 5.35. The molecular formula is C14H25N3O2. The van der Waals surface area contributed by atoms with Gasteiger partial charge >= 0.3 is 0 Å². The van der Waals surface area contributed by atoms with Crippen molar-refractivity contribution in [1.82, 2.24) is 15.1 Å². The number of nitrogens with one attached hydrogen (secondary N) is 1. The summed E-state index contributed by atoms with van der Waals surface area (Å²) in [5.41, 5.74) is 1.12. The fourth-order valence-electron chi connectivity index (χ4n) is 2.72. The highest BCUT2D eigenvalue weighted by molar-refractivity contribution is 5.29. The SMILES string of the molecule is CNC(CC1CCCO1)c1c(OC)cnn1C(C)C. The van der Waals surface area contributed by atoms with Crippen LogP contribution >= 0.6 is 0 Å². The van der Waals surface area contributed by atoms with Gasteiger partial charge in [0, 0.05) is 12.6 Å². The third kappa shape index (κ3) is 3.09. The van der Waals surface area contributed by atoms with Crippen molar-refractivity contribution >= 4 is 0 Å². The Hall–Kier alpha value is -1.07. The van der Waals surface area contributed by atoms with Crippen LogP contribution in [0.15, 0.2) is 6.20 Å². The van der Waals surface area contributed by atoms with E-state index < -0.39 is 0 Å². The minimum absolute atomic E-state index is 0.211. The van der Waals surface area contributed by atoms with Crippen LogP contribution in [0, 0.1) is 0 Å². The maximum atomic E-state index is 5.75. The lowest BCUT2D eigenvalue weighted by Gasteiger charge is -2.23. The molecule has 0 saturated carbocycles. The molecule has 108 valence electrons. The van der Waals surface area contributed by atoms with Crippen molar-refractivity contribution in [3.05, 3.63) is 11.9 Å².